The number of thiazole rings is 1. The van der Waals surface area contributed by atoms with E-state index >= 15 is 0 Å². The normalized spacial score (nSPS) is 10.7. The maximum Gasteiger partial charge on any atom is 0.230 e. The lowest BCUT2D eigenvalue weighted by Crippen LogP contribution is -2.15. The molecule has 0 saturated heterocycles. The van der Waals surface area contributed by atoms with Crippen molar-refractivity contribution in [1.29, 1.82) is 0 Å². The van der Waals surface area contributed by atoms with Crippen LogP contribution in [0.25, 0.3) is 0 Å². The van der Waals surface area contributed by atoms with Crippen LogP contribution in [0, 0.1) is 20.8 Å². The van der Waals surface area contributed by atoms with E-state index in [4.69, 9.17) is 4.74 Å². The van der Waals surface area contributed by atoms with Gasteiger partial charge in [0.1, 0.15) is 10.1 Å². The third-order valence-corrected chi connectivity index (χ3v) is 6.48. The van der Waals surface area contributed by atoms with Crippen LogP contribution in [0.15, 0.2) is 46.1 Å². The molecular formula is C22H24N2O2S2. The fourth-order valence-corrected chi connectivity index (χ4v) is 4.70. The van der Waals surface area contributed by atoms with E-state index in [2.05, 4.69) is 42.3 Å². The summed E-state index contributed by atoms with van der Waals surface area (Å²) in [5.41, 5.74) is 6.44. The fourth-order valence-electron chi connectivity index (χ4n) is 2.79. The molecule has 3 rings (SSSR count). The second-order valence-corrected chi connectivity index (χ2v) is 8.83. The first-order valence-electron chi connectivity index (χ1n) is 9.02. The van der Waals surface area contributed by atoms with Crippen molar-refractivity contribution in [3.05, 3.63) is 69.7 Å². The van der Waals surface area contributed by atoms with Crippen molar-refractivity contribution in [1.82, 2.24) is 4.98 Å². The molecule has 0 aliphatic rings. The Morgan fingerprint density at radius 2 is 1.89 bits per heavy atom. The van der Waals surface area contributed by atoms with Crippen LogP contribution in [-0.2, 0) is 17.0 Å². The number of rotatable bonds is 7. The molecule has 0 saturated carbocycles. The van der Waals surface area contributed by atoms with Crippen LogP contribution in [0.4, 0.5) is 5.69 Å². The molecule has 4 nitrogen and oxygen atoms in total. The number of ether oxygens (including phenoxy) is 1. The van der Waals surface area contributed by atoms with Gasteiger partial charge in [-0.15, -0.1) is 11.3 Å². The Labute approximate surface area is 174 Å². The van der Waals surface area contributed by atoms with Crippen LogP contribution in [0.1, 0.15) is 27.9 Å². The molecule has 0 spiro atoms. The monoisotopic (exact) mass is 412 g/mol. The zero-order valence-corrected chi connectivity index (χ0v) is 18.2. The number of aryl methyl sites for hydroxylation is 3. The first-order valence-corrected chi connectivity index (χ1v) is 10.9. The number of hydrogen-bond donors (Lipinski definition) is 1. The lowest BCUT2D eigenvalue weighted by atomic mass is 10.1. The van der Waals surface area contributed by atoms with E-state index in [1.807, 2.05) is 30.5 Å². The Hall–Kier alpha value is -2.31. The van der Waals surface area contributed by atoms with Gasteiger partial charge >= 0.3 is 0 Å². The van der Waals surface area contributed by atoms with Crippen molar-refractivity contribution in [2.45, 2.75) is 37.3 Å². The molecule has 3 aromatic rings. The van der Waals surface area contributed by atoms with Gasteiger partial charge in [0.2, 0.25) is 5.91 Å². The summed E-state index contributed by atoms with van der Waals surface area (Å²) < 4.78 is 6.32. The summed E-state index contributed by atoms with van der Waals surface area (Å²) in [7, 11) is 1.60. The highest BCUT2D eigenvalue weighted by Gasteiger charge is 2.12. The van der Waals surface area contributed by atoms with Gasteiger partial charge in [0.25, 0.3) is 0 Å². The SMILES string of the molecule is COc1cc(C)ccc1NC(=O)Cc1csc(SCc2cc(C)ccc2C)n1. The molecule has 2 aromatic carbocycles. The molecular weight excluding hydrogens is 388 g/mol. The number of aromatic nitrogens is 1. The molecule has 1 aromatic heterocycles. The summed E-state index contributed by atoms with van der Waals surface area (Å²) in [6.45, 7) is 6.23. The van der Waals surface area contributed by atoms with Crippen LogP contribution in [0.2, 0.25) is 0 Å². The zero-order valence-electron chi connectivity index (χ0n) is 16.5. The highest BCUT2D eigenvalue weighted by molar-refractivity contribution is 8.00. The van der Waals surface area contributed by atoms with Gasteiger partial charge in [-0.1, -0.05) is 41.6 Å². The Bertz CT molecular complexity index is 982. The molecule has 0 atom stereocenters. The van der Waals surface area contributed by atoms with Gasteiger partial charge in [0, 0.05) is 11.1 Å². The summed E-state index contributed by atoms with van der Waals surface area (Å²) >= 11 is 3.30. The number of benzene rings is 2. The standard InChI is InChI=1S/C22H24N2O2S2/c1-14-5-7-16(3)17(9-14)12-27-22-23-18(13-28-22)11-21(25)24-19-8-6-15(2)10-20(19)26-4/h5-10,13H,11-12H2,1-4H3,(H,24,25). The molecule has 0 fully saturated rings. The Morgan fingerprint density at radius 1 is 1.14 bits per heavy atom. The highest BCUT2D eigenvalue weighted by Crippen LogP contribution is 2.29. The van der Waals surface area contributed by atoms with Crippen molar-refractivity contribution in [2.75, 3.05) is 12.4 Å². The third-order valence-electron chi connectivity index (χ3n) is 4.36. The van der Waals surface area contributed by atoms with Crippen LogP contribution in [0.5, 0.6) is 5.75 Å². The predicted octanol–water partition coefficient (Wildman–Crippen LogP) is 5.55. The number of amides is 1. The van der Waals surface area contributed by atoms with Crippen molar-refractivity contribution in [3.8, 4) is 5.75 Å². The number of anilines is 1. The van der Waals surface area contributed by atoms with E-state index < -0.39 is 0 Å². The van der Waals surface area contributed by atoms with Gasteiger partial charge in [-0.25, -0.2) is 4.98 Å². The number of nitrogens with one attached hydrogen (secondary N) is 1. The number of carbonyl (C=O) groups is 1. The molecule has 1 N–H and O–H groups in total. The van der Waals surface area contributed by atoms with E-state index in [-0.39, 0.29) is 12.3 Å². The van der Waals surface area contributed by atoms with E-state index in [9.17, 15) is 4.79 Å². The average molecular weight is 413 g/mol. The van der Waals surface area contributed by atoms with Crippen molar-refractivity contribution in [2.24, 2.45) is 0 Å². The summed E-state index contributed by atoms with van der Waals surface area (Å²) in [4.78, 5) is 17.0. The number of hydrogen-bond acceptors (Lipinski definition) is 5. The molecule has 0 radical (unpaired) electrons. The second-order valence-electron chi connectivity index (χ2n) is 6.75. The molecule has 28 heavy (non-hydrogen) atoms. The van der Waals surface area contributed by atoms with Gasteiger partial charge < -0.3 is 10.1 Å². The van der Waals surface area contributed by atoms with Crippen LogP contribution in [-0.4, -0.2) is 18.0 Å². The van der Waals surface area contributed by atoms with Crippen LogP contribution in [0.3, 0.4) is 0 Å². The van der Waals surface area contributed by atoms with E-state index in [0.717, 1.165) is 21.3 Å². The smallest absolute Gasteiger partial charge is 0.230 e. The highest BCUT2D eigenvalue weighted by atomic mass is 32.2. The van der Waals surface area contributed by atoms with Gasteiger partial charge in [0.05, 0.1) is 24.9 Å². The number of thioether (sulfide) groups is 1. The molecule has 6 heteroatoms. The maximum absolute atomic E-state index is 12.4. The zero-order chi connectivity index (χ0) is 20.1. The average Bonchev–Trinajstić information content (AvgIpc) is 3.11. The Balaban J connectivity index is 1.58. The van der Waals surface area contributed by atoms with Crippen molar-refractivity contribution in [3.63, 3.8) is 0 Å². The van der Waals surface area contributed by atoms with Crippen molar-refractivity contribution >= 4 is 34.7 Å². The number of nitrogens with zero attached hydrogens (tertiary/aromatic N) is 1. The lowest BCUT2D eigenvalue weighted by Gasteiger charge is -2.10. The summed E-state index contributed by atoms with van der Waals surface area (Å²) in [5, 5.41) is 4.87. The quantitative estimate of drug-likeness (QED) is 0.517. The first kappa shape index (κ1) is 20.4. The largest absolute Gasteiger partial charge is 0.495 e. The lowest BCUT2D eigenvalue weighted by molar-refractivity contribution is -0.115. The van der Waals surface area contributed by atoms with Crippen LogP contribution < -0.4 is 10.1 Å². The van der Waals surface area contributed by atoms with Gasteiger partial charge in [-0.3, -0.25) is 4.79 Å². The molecule has 0 aliphatic carbocycles. The molecule has 0 aliphatic heterocycles. The number of methoxy groups -OCH3 is 1. The molecule has 1 heterocycles. The van der Waals surface area contributed by atoms with Gasteiger partial charge in [-0.05, 0) is 49.6 Å². The minimum absolute atomic E-state index is 0.0986. The molecule has 146 valence electrons. The van der Waals surface area contributed by atoms with Crippen LogP contribution >= 0.6 is 23.1 Å². The van der Waals surface area contributed by atoms with Crippen molar-refractivity contribution < 1.29 is 9.53 Å². The first-order chi connectivity index (χ1) is 13.4. The minimum atomic E-state index is -0.0986. The van der Waals surface area contributed by atoms with Gasteiger partial charge in [0.15, 0.2) is 0 Å². The summed E-state index contributed by atoms with van der Waals surface area (Å²) in [6.07, 6.45) is 0.248. The molecule has 0 unspecified atom stereocenters. The Morgan fingerprint density at radius 3 is 2.68 bits per heavy atom. The van der Waals surface area contributed by atoms with Gasteiger partial charge in [-0.2, -0.15) is 0 Å². The molecule has 1 amide bonds. The Kier molecular flexibility index (Phi) is 6.75. The van der Waals surface area contributed by atoms with E-state index in [1.165, 1.54) is 16.7 Å². The predicted molar refractivity (Wildman–Crippen MR) is 118 cm³/mol. The molecule has 0 bridgehead atoms. The maximum atomic E-state index is 12.4. The minimum Gasteiger partial charge on any atom is -0.495 e. The third kappa shape index (κ3) is 5.36. The van der Waals surface area contributed by atoms with E-state index in [0.29, 0.717) is 11.4 Å². The topological polar surface area (TPSA) is 51.2 Å². The number of carbonyl (C=O) groups excluding carboxylic acids is 1. The van der Waals surface area contributed by atoms with E-state index in [1.54, 1.807) is 30.2 Å². The summed E-state index contributed by atoms with van der Waals surface area (Å²) in [6, 6.07) is 12.2. The second kappa shape index (κ2) is 9.26. The summed E-state index contributed by atoms with van der Waals surface area (Å²) in [5.74, 6) is 1.45. The fraction of sp³-hybridized carbons (Fsp3) is 0.273.